The van der Waals surface area contributed by atoms with Crippen molar-refractivity contribution in [2.75, 3.05) is 37.7 Å². The fourth-order valence-electron chi connectivity index (χ4n) is 3.42. The SMILES string of the molecule is Cc1cccc(N2CCN(C(=O)Oc3ccc(CCOc4ccccn4)cc3)CC2)n1. The second-order valence-corrected chi connectivity index (χ2v) is 7.39. The van der Waals surface area contributed by atoms with Gasteiger partial charge in [0, 0.05) is 50.6 Å². The zero-order valence-corrected chi connectivity index (χ0v) is 17.6. The molecule has 0 atom stereocenters. The molecule has 1 aliphatic rings. The minimum absolute atomic E-state index is 0.317. The molecule has 160 valence electrons. The number of piperazine rings is 1. The van der Waals surface area contributed by atoms with E-state index in [2.05, 4.69) is 14.9 Å². The molecule has 1 aromatic carbocycles. The molecule has 1 fully saturated rings. The monoisotopic (exact) mass is 418 g/mol. The van der Waals surface area contributed by atoms with Crippen molar-refractivity contribution >= 4 is 11.9 Å². The summed E-state index contributed by atoms with van der Waals surface area (Å²) in [7, 11) is 0. The topological polar surface area (TPSA) is 67.8 Å². The van der Waals surface area contributed by atoms with Crippen molar-refractivity contribution in [1.82, 2.24) is 14.9 Å². The van der Waals surface area contributed by atoms with Crippen molar-refractivity contribution < 1.29 is 14.3 Å². The Morgan fingerprint density at radius 1 is 0.968 bits per heavy atom. The van der Waals surface area contributed by atoms with E-state index in [1.54, 1.807) is 11.1 Å². The molecule has 0 aliphatic carbocycles. The Labute approximate surface area is 182 Å². The van der Waals surface area contributed by atoms with E-state index in [0.29, 0.717) is 31.3 Å². The molecule has 0 unspecified atom stereocenters. The van der Waals surface area contributed by atoms with Crippen LogP contribution in [0.2, 0.25) is 0 Å². The van der Waals surface area contributed by atoms with Crippen molar-refractivity contribution in [3.8, 4) is 11.6 Å². The second kappa shape index (κ2) is 9.93. The first-order chi connectivity index (χ1) is 15.2. The summed E-state index contributed by atoms with van der Waals surface area (Å²) in [5, 5.41) is 0. The molecule has 0 radical (unpaired) electrons. The van der Waals surface area contributed by atoms with Crippen LogP contribution in [0.4, 0.5) is 10.6 Å². The maximum Gasteiger partial charge on any atom is 0.415 e. The molecule has 7 heteroatoms. The van der Waals surface area contributed by atoms with E-state index in [-0.39, 0.29) is 6.09 Å². The number of anilines is 1. The number of pyridine rings is 2. The summed E-state index contributed by atoms with van der Waals surface area (Å²) < 4.78 is 11.2. The predicted molar refractivity (Wildman–Crippen MR) is 119 cm³/mol. The van der Waals surface area contributed by atoms with Crippen LogP contribution in [-0.4, -0.2) is 53.7 Å². The number of carbonyl (C=O) groups excluding carboxylic acids is 1. The Hall–Kier alpha value is -3.61. The lowest BCUT2D eigenvalue weighted by Crippen LogP contribution is -2.49. The number of rotatable bonds is 6. The zero-order valence-electron chi connectivity index (χ0n) is 17.6. The van der Waals surface area contributed by atoms with E-state index in [1.165, 1.54) is 0 Å². The number of aromatic nitrogens is 2. The molecule has 0 spiro atoms. The molecule has 1 aliphatic heterocycles. The molecule has 3 heterocycles. The Morgan fingerprint density at radius 3 is 2.48 bits per heavy atom. The van der Waals surface area contributed by atoms with Gasteiger partial charge in [-0.3, -0.25) is 0 Å². The second-order valence-electron chi connectivity index (χ2n) is 7.39. The highest BCUT2D eigenvalue weighted by atomic mass is 16.6. The summed E-state index contributed by atoms with van der Waals surface area (Å²) in [5.41, 5.74) is 2.10. The number of carbonyl (C=O) groups is 1. The van der Waals surface area contributed by atoms with Crippen LogP contribution in [0, 0.1) is 6.92 Å². The number of amides is 1. The largest absolute Gasteiger partial charge is 0.477 e. The van der Waals surface area contributed by atoms with E-state index in [9.17, 15) is 4.79 Å². The predicted octanol–water partition coefficient (Wildman–Crippen LogP) is 3.73. The lowest BCUT2D eigenvalue weighted by molar-refractivity contribution is 0.149. The van der Waals surface area contributed by atoms with Crippen LogP contribution in [0.3, 0.4) is 0 Å². The Morgan fingerprint density at radius 2 is 1.77 bits per heavy atom. The smallest absolute Gasteiger partial charge is 0.415 e. The summed E-state index contributed by atoms with van der Waals surface area (Å²) in [5.74, 6) is 2.11. The summed E-state index contributed by atoms with van der Waals surface area (Å²) in [6.45, 7) is 5.21. The third-order valence-corrected chi connectivity index (χ3v) is 5.14. The summed E-state index contributed by atoms with van der Waals surface area (Å²) in [6, 6.07) is 19.1. The van der Waals surface area contributed by atoms with E-state index in [4.69, 9.17) is 9.47 Å². The molecule has 7 nitrogen and oxygen atoms in total. The van der Waals surface area contributed by atoms with Gasteiger partial charge < -0.3 is 19.3 Å². The number of ether oxygens (including phenoxy) is 2. The molecule has 3 aromatic rings. The van der Waals surface area contributed by atoms with Crippen molar-refractivity contribution in [2.45, 2.75) is 13.3 Å². The van der Waals surface area contributed by atoms with E-state index < -0.39 is 0 Å². The summed E-state index contributed by atoms with van der Waals surface area (Å²) in [6.07, 6.45) is 2.14. The maximum atomic E-state index is 12.5. The average Bonchev–Trinajstić information content (AvgIpc) is 2.81. The van der Waals surface area contributed by atoms with Gasteiger partial charge in [0.2, 0.25) is 5.88 Å². The first kappa shape index (κ1) is 20.7. The molecule has 2 aromatic heterocycles. The van der Waals surface area contributed by atoms with Crippen LogP contribution in [0.15, 0.2) is 66.9 Å². The quantitative estimate of drug-likeness (QED) is 0.608. The van der Waals surface area contributed by atoms with Crippen LogP contribution in [0.5, 0.6) is 11.6 Å². The first-order valence-electron chi connectivity index (χ1n) is 10.5. The molecule has 0 N–H and O–H groups in total. The van der Waals surface area contributed by atoms with Crippen molar-refractivity contribution in [1.29, 1.82) is 0 Å². The van der Waals surface area contributed by atoms with E-state index in [1.807, 2.05) is 67.6 Å². The Bertz CT molecular complexity index is 987. The molecule has 4 rings (SSSR count). The minimum atomic E-state index is -0.317. The third-order valence-electron chi connectivity index (χ3n) is 5.14. The highest BCUT2D eigenvalue weighted by Gasteiger charge is 2.23. The van der Waals surface area contributed by atoms with Gasteiger partial charge in [-0.1, -0.05) is 24.3 Å². The molecule has 1 saturated heterocycles. The first-order valence-corrected chi connectivity index (χ1v) is 10.5. The van der Waals surface area contributed by atoms with Crippen molar-refractivity contribution in [2.24, 2.45) is 0 Å². The third kappa shape index (κ3) is 5.72. The fourth-order valence-corrected chi connectivity index (χ4v) is 3.42. The van der Waals surface area contributed by atoms with Gasteiger partial charge in [0.25, 0.3) is 0 Å². The van der Waals surface area contributed by atoms with Crippen LogP contribution in [0.1, 0.15) is 11.3 Å². The van der Waals surface area contributed by atoms with Gasteiger partial charge in [0.05, 0.1) is 6.61 Å². The number of aryl methyl sites for hydroxylation is 1. The van der Waals surface area contributed by atoms with Crippen molar-refractivity contribution in [3.05, 3.63) is 78.1 Å². The van der Waals surface area contributed by atoms with Crippen LogP contribution >= 0.6 is 0 Å². The Kier molecular flexibility index (Phi) is 6.62. The van der Waals surface area contributed by atoms with Gasteiger partial charge in [-0.05, 0) is 42.8 Å². The zero-order chi connectivity index (χ0) is 21.5. The van der Waals surface area contributed by atoms with Gasteiger partial charge in [-0.2, -0.15) is 0 Å². The van der Waals surface area contributed by atoms with Crippen LogP contribution in [0.25, 0.3) is 0 Å². The van der Waals surface area contributed by atoms with Crippen LogP contribution in [-0.2, 0) is 6.42 Å². The number of nitrogens with zero attached hydrogens (tertiary/aromatic N) is 4. The number of hydrogen-bond donors (Lipinski definition) is 0. The van der Waals surface area contributed by atoms with E-state index in [0.717, 1.165) is 36.6 Å². The lowest BCUT2D eigenvalue weighted by atomic mass is 10.1. The number of hydrogen-bond acceptors (Lipinski definition) is 6. The molecule has 0 saturated carbocycles. The number of benzene rings is 1. The van der Waals surface area contributed by atoms with Crippen LogP contribution < -0.4 is 14.4 Å². The minimum Gasteiger partial charge on any atom is -0.477 e. The highest BCUT2D eigenvalue weighted by Crippen LogP contribution is 2.17. The normalized spacial score (nSPS) is 13.7. The Balaban J connectivity index is 1.22. The highest BCUT2D eigenvalue weighted by molar-refractivity contribution is 5.71. The maximum absolute atomic E-state index is 12.5. The standard InChI is InChI=1S/C24H26N4O3/c1-19-5-4-6-22(26-19)27-14-16-28(17-15-27)24(29)31-21-10-8-20(9-11-21)12-18-30-23-7-2-3-13-25-23/h2-11,13H,12,14-18H2,1H3. The summed E-state index contributed by atoms with van der Waals surface area (Å²) >= 11 is 0. The average molecular weight is 418 g/mol. The molecule has 1 amide bonds. The molecular formula is C24H26N4O3. The molecular weight excluding hydrogens is 392 g/mol. The van der Waals surface area contributed by atoms with Crippen molar-refractivity contribution in [3.63, 3.8) is 0 Å². The van der Waals surface area contributed by atoms with Gasteiger partial charge in [0.15, 0.2) is 0 Å². The fraction of sp³-hybridized carbons (Fsp3) is 0.292. The lowest BCUT2D eigenvalue weighted by Gasteiger charge is -2.34. The van der Waals surface area contributed by atoms with Gasteiger partial charge in [0.1, 0.15) is 11.6 Å². The van der Waals surface area contributed by atoms with E-state index >= 15 is 0 Å². The van der Waals surface area contributed by atoms with Gasteiger partial charge in [-0.25, -0.2) is 14.8 Å². The summed E-state index contributed by atoms with van der Waals surface area (Å²) in [4.78, 5) is 25.1. The van der Waals surface area contributed by atoms with Gasteiger partial charge >= 0.3 is 6.09 Å². The van der Waals surface area contributed by atoms with Gasteiger partial charge in [-0.15, -0.1) is 0 Å². The molecule has 31 heavy (non-hydrogen) atoms. The molecule has 0 bridgehead atoms.